The van der Waals surface area contributed by atoms with Crippen LogP contribution < -0.4 is 5.32 Å². The van der Waals surface area contributed by atoms with Gasteiger partial charge >= 0.3 is 18.0 Å². The molecule has 2 N–H and O–H groups in total. The lowest BCUT2D eigenvalue weighted by Crippen LogP contribution is -2.37. The van der Waals surface area contributed by atoms with E-state index in [1.807, 2.05) is 6.92 Å². The van der Waals surface area contributed by atoms with E-state index < -0.39 is 23.4 Å². The summed E-state index contributed by atoms with van der Waals surface area (Å²) in [5, 5.41) is 11.9. The lowest BCUT2D eigenvalue weighted by atomic mass is 9.90. The van der Waals surface area contributed by atoms with Crippen molar-refractivity contribution in [2.45, 2.75) is 20.3 Å². The number of aliphatic carboxylic acids is 1. The van der Waals surface area contributed by atoms with Crippen LogP contribution in [0.3, 0.4) is 0 Å². The Bertz CT molecular complexity index is 658. The Morgan fingerprint density at radius 3 is 2.61 bits per heavy atom. The maximum absolute atomic E-state index is 12.3. The summed E-state index contributed by atoms with van der Waals surface area (Å²) in [5.74, 6) is -1.46. The fourth-order valence-corrected chi connectivity index (χ4v) is 2.55. The second-order valence-electron chi connectivity index (χ2n) is 6.01. The predicted octanol–water partition coefficient (Wildman–Crippen LogP) is 2.11. The summed E-state index contributed by atoms with van der Waals surface area (Å²) in [4.78, 5) is 36.8. The number of carbonyl (C=O) groups is 3. The minimum atomic E-state index is -0.935. The summed E-state index contributed by atoms with van der Waals surface area (Å²) in [6.45, 7) is 3.94. The molecule has 23 heavy (non-hydrogen) atoms. The average molecular weight is 320 g/mol. The number of nitrogens with zero attached hydrogens (tertiary/aromatic N) is 1. The highest BCUT2D eigenvalue weighted by molar-refractivity contribution is 6.01. The topological polar surface area (TPSA) is 95.9 Å². The number of ether oxygens (including phenoxy) is 1. The highest BCUT2D eigenvalue weighted by Crippen LogP contribution is 2.30. The molecule has 0 spiro atoms. The van der Waals surface area contributed by atoms with Gasteiger partial charge in [0.1, 0.15) is 0 Å². The molecule has 2 rings (SSSR count). The number of methoxy groups -OCH3 is 1. The molecule has 1 aromatic carbocycles. The summed E-state index contributed by atoms with van der Waals surface area (Å²) < 4.78 is 4.72. The normalized spacial score (nSPS) is 20.2. The van der Waals surface area contributed by atoms with Crippen molar-refractivity contribution in [1.29, 1.82) is 0 Å². The van der Waals surface area contributed by atoms with Gasteiger partial charge in [0.25, 0.3) is 0 Å². The van der Waals surface area contributed by atoms with Crippen molar-refractivity contribution in [1.82, 2.24) is 4.90 Å². The van der Waals surface area contributed by atoms with E-state index in [0.29, 0.717) is 18.7 Å². The molecule has 1 heterocycles. The zero-order valence-corrected chi connectivity index (χ0v) is 13.4. The Labute approximate surface area is 134 Å². The number of rotatable bonds is 3. The first-order valence-corrected chi connectivity index (χ1v) is 7.25. The van der Waals surface area contributed by atoms with Gasteiger partial charge in [-0.2, -0.15) is 0 Å². The molecule has 0 radical (unpaired) electrons. The van der Waals surface area contributed by atoms with Crippen molar-refractivity contribution in [3.05, 3.63) is 29.3 Å². The Balaban J connectivity index is 2.16. The molecule has 7 heteroatoms. The summed E-state index contributed by atoms with van der Waals surface area (Å²) >= 11 is 0. The van der Waals surface area contributed by atoms with Crippen LogP contribution in [-0.4, -0.2) is 48.2 Å². The highest BCUT2D eigenvalue weighted by atomic mass is 16.5. The van der Waals surface area contributed by atoms with Crippen molar-refractivity contribution in [2.75, 3.05) is 25.5 Å². The van der Waals surface area contributed by atoms with Gasteiger partial charge in [0.15, 0.2) is 0 Å². The Hall–Kier alpha value is -2.57. The van der Waals surface area contributed by atoms with Crippen LogP contribution in [0.15, 0.2) is 18.2 Å². The van der Waals surface area contributed by atoms with Gasteiger partial charge in [0, 0.05) is 13.1 Å². The number of amides is 2. The molecule has 1 unspecified atom stereocenters. The number of carboxylic acid groups (broad SMARTS) is 1. The standard InChI is InChI=1S/C16H20N2O5/c1-10-4-5-12(11(8-10)13(19)23-3)17-15(22)18-7-6-16(2,9-18)14(20)21/h4-5,8H,6-7,9H2,1-3H3,(H,17,22)(H,20,21). The van der Waals surface area contributed by atoms with Gasteiger partial charge in [-0.05, 0) is 32.4 Å². The van der Waals surface area contributed by atoms with Gasteiger partial charge in [0.05, 0.1) is 23.8 Å². The maximum Gasteiger partial charge on any atom is 0.339 e. The number of carboxylic acids is 1. The number of esters is 1. The fourth-order valence-electron chi connectivity index (χ4n) is 2.55. The van der Waals surface area contributed by atoms with E-state index in [4.69, 9.17) is 4.74 Å². The largest absolute Gasteiger partial charge is 0.481 e. The maximum atomic E-state index is 12.3. The molecule has 1 aromatic rings. The molecule has 1 saturated heterocycles. The number of nitrogens with one attached hydrogen (secondary N) is 1. The zero-order chi connectivity index (χ0) is 17.2. The van der Waals surface area contributed by atoms with Crippen LogP contribution >= 0.6 is 0 Å². The van der Waals surface area contributed by atoms with Gasteiger partial charge in [-0.15, -0.1) is 0 Å². The SMILES string of the molecule is COC(=O)c1cc(C)ccc1NC(=O)N1CCC(C)(C(=O)O)C1. The molecule has 0 aromatic heterocycles. The van der Waals surface area contributed by atoms with Crippen molar-refractivity contribution in [3.8, 4) is 0 Å². The number of hydrogen-bond acceptors (Lipinski definition) is 4. The number of anilines is 1. The molecule has 124 valence electrons. The van der Waals surface area contributed by atoms with E-state index >= 15 is 0 Å². The Morgan fingerprint density at radius 1 is 1.35 bits per heavy atom. The first-order chi connectivity index (χ1) is 10.8. The summed E-state index contributed by atoms with van der Waals surface area (Å²) in [5.41, 5.74) is 0.538. The van der Waals surface area contributed by atoms with Gasteiger partial charge in [-0.1, -0.05) is 11.6 Å². The molecule has 1 fully saturated rings. The van der Waals surface area contributed by atoms with E-state index in [0.717, 1.165) is 5.56 Å². The smallest absolute Gasteiger partial charge is 0.339 e. The van der Waals surface area contributed by atoms with Crippen molar-refractivity contribution < 1.29 is 24.2 Å². The molecule has 1 aliphatic heterocycles. The van der Waals surface area contributed by atoms with Crippen LogP contribution in [0.2, 0.25) is 0 Å². The molecule has 0 bridgehead atoms. The summed E-state index contributed by atoms with van der Waals surface area (Å²) in [6.07, 6.45) is 0.396. The summed E-state index contributed by atoms with van der Waals surface area (Å²) in [7, 11) is 1.27. The third-order valence-corrected chi connectivity index (χ3v) is 4.10. The van der Waals surface area contributed by atoms with Gasteiger partial charge in [-0.25, -0.2) is 9.59 Å². The number of aryl methyl sites for hydroxylation is 1. The average Bonchev–Trinajstić information content (AvgIpc) is 2.92. The van der Waals surface area contributed by atoms with E-state index in [-0.39, 0.29) is 12.1 Å². The van der Waals surface area contributed by atoms with Gasteiger partial charge in [-0.3, -0.25) is 4.79 Å². The molecule has 7 nitrogen and oxygen atoms in total. The van der Waals surface area contributed by atoms with E-state index in [1.54, 1.807) is 25.1 Å². The van der Waals surface area contributed by atoms with Crippen molar-refractivity contribution in [2.24, 2.45) is 5.41 Å². The molecular weight excluding hydrogens is 300 g/mol. The lowest BCUT2D eigenvalue weighted by molar-refractivity contribution is -0.146. The van der Waals surface area contributed by atoms with Gasteiger partial charge < -0.3 is 20.1 Å². The summed E-state index contributed by atoms with van der Waals surface area (Å²) in [6, 6.07) is 4.61. The molecule has 0 aliphatic carbocycles. The van der Waals surface area contributed by atoms with Crippen LogP contribution in [0.25, 0.3) is 0 Å². The number of benzene rings is 1. The second-order valence-corrected chi connectivity index (χ2v) is 6.01. The third-order valence-electron chi connectivity index (χ3n) is 4.10. The number of carbonyl (C=O) groups excluding carboxylic acids is 2. The second kappa shape index (κ2) is 6.28. The minimum absolute atomic E-state index is 0.133. The molecule has 2 amide bonds. The monoisotopic (exact) mass is 320 g/mol. The molecular formula is C16H20N2O5. The van der Waals surface area contributed by atoms with Crippen LogP contribution in [0.1, 0.15) is 29.3 Å². The van der Waals surface area contributed by atoms with E-state index in [2.05, 4.69) is 5.32 Å². The highest BCUT2D eigenvalue weighted by Gasteiger charge is 2.42. The molecule has 1 atom stereocenters. The lowest BCUT2D eigenvalue weighted by Gasteiger charge is -2.21. The van der Waals surface area contributed by atoms with E-state index in [1.165, 1.54) is 12.0 Å². The fraction of sp³-hybridized carbons (Fsp3) is 0.438. The zero-order valence-electron chi connectivity index (χ0n) is 13.4. The number of urea groups is 1. The number of likely N-dealkylation sites (tertiary alicyclic amines) is 1. The first kappa shape index (κ1) is 16.8. The van der Waals surface area contributed by atoms with Crippen LogP contribution in [0.5, 0.6) is 0 Å². The quantitative estimate of drug-likeness (QED) is 0.832. The van der Waals surface area contributed by atoms with Crippen LogP contribution in [0, 0.1) is 12.3 Å². The predicted molar refractivity (Wildman–Crippen MR) is 83.5 cm³/mol. The molecule has 0 saturated carbocycles. The first-order valence-electron chi connectivity index (χ1n) is 7.25. The number of hydrogen-bond donors (Lipinski definition) is 2. The van der Waals surface area contributed by atoms with Crippen molar-refractivity contribution in [3.63, 3.8) is 0 Å². The van der Waals surface area contributed by atoms with Gasteiger partial charge in [0.2, 0.25) is 0 Å². The van der Waals surface area contributed by atoms with Crippen molar-refractivity contribution >= 4 is 23.7 Å². The van der Waals surface area contributed by atoms with Crippen LogP contribution in [0.4, 0.5) is 10.5 Å². The third kappa shape index (κ3) is 3.44. The Morgan fingerprint density at radius 2 is 2.04 bits per heavy atom. The van der Waals surface area contributed by atoms with Crippen LogP contribution in [-0.2, 0) is 9.53 Å². The minimum Gasteiger partial charge on any atom is -0.481 e. The Kier molecular flexibility index (Phi) is 4.58. The molecule has 1 aliphatic rings. The van der Waals surface area contributed by atoms with E-state index in [9.17, 15) is 19.5 Å².